The van der Waals surface area contributed by atoms with Crippen molar-refractivity contribution < 1.29 is 4.57 Å². The SMILES string of the molecule is C#CC[PH](=O)CC. The summed E-state index contributed by atoms with van der Waals surface area (Å²) in [6, 6.07) is 0. The van der Waals surface area contributed by atoms with E-state index in [0.29, 0.717) is 6.16 Å². The summed E-state index contributed by atoms with van der Waals surface area (Å²) in [5.41, 5.74) is 0. The van der Waals surface area contributed by atoms with Gasteiger partial charge < -0.3 is 4.57 Å². The second-order valence-electron chi connectivity index (χ2n) is 1.27. The third kappa shape index (κ3) is 3.62. The monoisotopic (exact) mass is 116 g/mol. The average Bonchev–Trinajstić information content (AvgIpc) is 1.68. The molecule has 1 nitrogen and oxygen atoms in total. The Labute approximate surface area is 44.9 Å². The fraction of sp³-hybridized carbons (Fsp3) is 0.600. The Morgan fingerprint density at radius 3 is 2.57 bits per heavy atom. The Morgan fingerprint density at radius 2 is 2.43 bits per heavy atom. The lowest BCUT2D eigenvalue weighted by Gasteiger charge is -1.83. The third-order valence-corrected chi connectivity index (χ3v) is 2.08. The lowest BCUT2D eigenvalue weighted by Crippen LogP contribution is -1.70. The van der Waals surface area contributed by atoms with Crippen molar-refractivity contribution in [2.75, 3.05) is 12.3 Å². The summed E-state index contributed by atoms with van der Waals surface area (Å²) in [6.45, 7) is 1.89. The topological polar surface area (TPSA) is 17.1 Å². The van der Waals surface area contributed by atoms with Crippen molar-refractivity contribution in [3.63, 3.8) is 0 Å². The standard InChI is InChI=1S/C5H9OP/c1-3-5-7(6)4-2/h1,7H,4-5H2,2H3. The van der Waals surface area contributed by atoms with Gasteiger partial charge in [0.05, 0.1) is 14.0 Å². The molecule has 1 atom stereocenters. The molecule has 0 heterocycles. The molecule has 2 heteroatoms. The largest absolute Gasteiger partial charge is 0.326 e. The maximum absolute atomic E-state index is 10.5. The van der Waals surface area contributed by atoms with Gasteiger partial charge in [-0.15, -0.1) is 6.42 Å². The summed E-state index contributed by atoms with van der Waals surface area (Å²) in [7, 11) is -1.37. The molecular formula is C5H9OP. The average molecular weight is 116 g/mol. The molecule has 0 spiro atoms. The van der Waals surface area contributed by atoms with Crippen LogP contribution in [0.15, 0.2) is 0 Å². The summed E-state index contributed by atoms with van der Waals surface area (Å²) in [5.74, 6) is 2.35. The molecule has 0 saturated heterocycles. The van der Waals surface area contributed by atoms with Crippen LogP contribution >= 0.6 is 7.80 Å². The van der Waals surface area contributed by atoms with E-state index < -0.39 is 7.80 Å². The van der Waals surface area contributed by atoms with Crippen molar-refractivity contribution in [1.82, 2.24) is 0 Å². The van der Waals surface area contributed by atoms with Crippen LogP contribution < -0.4 is 0 Å². The van der Waals surface area contributed by atoms with Crippen LogP contribution in [0.2, 0.25) is 0 Å². The Kier molecular flexibility index (Phi) is 3.84. The van der Waals surface area contributed by atoms with E-state index in [0.717, 1.165) is 6.16 Å². The first-order valence-corrected chi connectivity index (χ1v) is 4.08. The predicted molar refractivity (Wildman–Crippen MR) is 33.2 cm³/mol. The highest BCUT2D eigenvalue weighted by Crippen LogP contribution is 2.16. The molecule has 0 radical (unpaired) electrons. The quantitative estimate of drug-likeness (QED) is 0.391. The fourth-order valence-electron chi connectivity index (χ4n) is 0.239. The number of hydrogen-bond donors (Lipinski definition) is 0. The van der Waals surface area contributed by atoms with Crippen molar-refractivity contribution >= 4 is 7.80 Å². The summed E-state index contributed by atoms with van der Waals surface area (Å²) in [4.78, 5) is 0. The Balaban J connectivity index is 3.23. The van der Waals surface area contributed by atoms with Crippen LogP contribution in [0.3, 0.4) is 0 Å². The number of terminal acetylenes is 1. The normalized spacial score (nSPS) is 12.6. The molecule has 1 unspecified atom stereocenters. The second kappa shape index (κ2) is 3.96. The van der Waals surface area contributed by atoms with Crippen LogP contribution in [0.5, 0.6) is 0 Å². The van der Waals surface area contributed by atoms with Crippen LogP contribution in [0.25, 0.3) is 0 Å². The van der Waals surface area contributed by atoms with Gasteiger partial charge in [-0.1, -0.05) is 12.8 Å². The minimum atomic E-state index is -1.37. The van der Waals surface area contributed by atoms with Gasteiger partial charge in [-0.3, -0.25) is 0 Å². The van der Waals surface area contributed by atoms with Crippen LogP contribution in [0, 0.1) is 12.3 Å². The first-order chi connectivity index (χ1) is 3.31. The minimum Gasteiger partial charge on any atom is -0.326 e. The van der Waals surface area contributed by atoms with Gasteiger partial charge in [0.2, 0.25) is 0 Å². The summed E-state index contributed by atoms with van der Waals surface area (Å²) in [6.07, 6.45) is 6.10. The maximum atomic E-state index is 10.5. The zero-order chi connectivity index (χ0) is 5.70. The summed E-state index contributed by atoms with van der Waals surface area (Å²) in [5, 5.41) is 0. The summed E-state index contributed by atoms with van der Waals surface area (Å²) < 4.78 is 10.5. The first-order valence-electron chi connectivity index (χ1n) is 2.26. The van der Waals surface area contributed by atoms with E-state index in [1.54, 1.807) is 0 Å². The molecule has 40 valence electrons. The van der Waals surface area contributed by atoms with E-state index in [1.165, 1.54) is 0 Å². The van der Waals surface area contributed by atoms with Gasteiger partial charge in [0.15, 0.2) is 0 Å². The second-order valence-corrected chi connectivity index (χ2v) is 3.41. The highest BCUT2D eigenvalue weighted by Gasteiger charge is 1.86. The number of hydrogen-bond acceptors (Lipinski definition) is 1. The molecule has 0 aliphatic heterocycles. The zero-order valence-electron chi connectivity index (χ0n) is 4.40. The van der Waals surface area contributed by atoms with Gasteiger partial charge in [-0.05, 0) is 6.16 Å². The van der Waals surface area contributed by atoms with E-state index in [2.05, 4.69) is 5.92 Å². The van der Waals surface area contributed by atoms with Crippen LogP contribution in [-0.2, 0) is 4.57 Å². The predicted octanol–water partition coefficient (Wildman–Crippen LogP) is 1.20. The molecule has 0 aliphatic carbocycles. The van der Waals surface area contributed by atoms with Crippen molar-refractivity contribution in [3.05, 3.63) is 0 Å². The third-order valence-electron chi connectivity index (χ3n) is 0.694. The van der Waals surface area contributed by atoms with Gasteiger partial charge in [-0.25, -0.2) is 0 Å². The number of rotatable bonds is 2. The molecule has 0 bridgehead atoms. The molecule has 0 rings (SSSR count). The van der Waals surface area contributed by atoms with Gasteiger partial charge in [-0.2, -0.15) is 0 Å². The van der Waals surface area contributed by atoms with Crippen molar-refractivity contribution in [3.8, 4) is 12.3 Å². The van der Waals surface area contributed by atoms with Crippen molar-refractivity contribution in [2.24, 2.45) is 0 Å². The van der Waals surface area contributed by atoms with Crippen LogP contribution in [0.1, 0.15) is 6.92 Å². The van der Waals surface area contributed by atoms with Crippen molar-refractivity contribution in [2.45, 2.75) is 6.92 Å². The van der Waals surface area contributed by atoms with Crippen LogP contribution in [-0.4, -0.2) is 12.3 Å². The molecule has 0 fully saturated rings. The van der Waals surface area contributed by atoms with Gasteiger partial charge >= 0.3 is 0 Å². The van der Waals surface area contributed by atoms with Gasteiger partial charge in [0.25, 0.3) is 0 Å². The molecule has 0 aromatic rings. The smallest absolute Gasteiger partial charge is 0.0872 e. The lowest BCUT2D eigenvalue weighted by molar-refractivity contribution is 0.590. The van der Waals surface area contributed by atoms with E-state index in [1.807, 2.05) is 6.92 Å². The highest BCUT2D eigenvalue weighted by molar-refractivity contribution is 7.44. The minimum absolute atomic E-state index is 0.473. The van der Waals surface area contributed by atoms with E-state index in [-0.39, 0.29) is 0 Å². The first kappa shape index (κ1) is 6.79. The highest BCUT2D eigenvalue weighted by atomic mass is 31.1. The molecule has 0 amide bonds. The molecule has 0 saturated carbocycles. The van der Waals surface area contributed by atoms with E-state index in [4.69, 9.17) is 6.42 Å². The molecule has 0 aliphatic rings. The summed E-state index contributed by atoms with van der Waals surface area (Å²) >= 11 is 0. The van der Waals surface area contributed by atoms with Gasteiger partial charge in [0, 0.05) is 0 Å². The van der Waals surface area contributed by atoms with Gasteiger partial charge in [0.1, 0.15) is 0 Å². The van der Waals surface area contributed by atoms with E-state index >= 15 is 0 Å². The van der Waals surface area contributed by atoms with Crippen molar-refractivity contribution in [1.29, 1.82) is 0 Å². The van der Waals surface area contributed by atoms with Crippen LogP contribution in [0.4, 0.5) is 0 Å². The molecule has 0 aromatic carbocycles. The maximum Gasteiger partial charge on any atom is 0.0872 e. The fourth-order valence-corrected chi connectivity index (χ4v) is 0.717. The molecule has 7 heavy (non-hydrogen) atoms. The lowest BCUT2D eigenvalue weighted by atomic mass is 10.8. The molecule has 0 aromatic heterocycles. The Morgan fingerprint density at radius 1 is 1.86 bits per heavy atom. The Hall–Kier alpha value is -0.210. The Bertz CT molecular complexity index is 101. The van der Waals surface area contributed by atoms with E-state index in [9.17, 15) is 4.57 Å². The molecular weight excluding hydrogens is 107 g/mol. The zero-order valence-corrected chi connectivity index (χ0v) is 5.40. The molecule has 0 N–H and O–H groups in total.